The van der Waals surface area contributed by atoms with Crippen LogP contribution in [0.15, 0.2) is 24.3 Å². The smallest absolute Gasteiger partial charge is 0.335 e. The number of carboxylic acids is 1. The van der Waals surface area contributed by atoms with Crippen LogP contribution in [0.25, 0.3) is 0 Å². The molecular weight excluding hydrogens is 152 g/mol. The Hall–Kier alpha value is -0.760. The van der Waals surface area contributed by atoms with Gasteiger partial charge in [-0.3, -0.25) is 0 Å². The molecular formula is C7H9ClO2. The lowest BCUT2D eigenvalue weighted by atomic mass is 10.2. The van der Waals surface area contributed by atoms with Crippen molar-refractivity contribution in [3.05, 3.63) is 24.3 Å². The van der Waals surface area contributed by atoms with Gasteiger partial charge in [0.2, 0.25) is 0 Å². The summed E-state index contributed by atoms with van der Waals surface area (Å²) in [6.45, 7) is 5.02. The lowest BCUT2D eigenvalue weighted by molar-refractivity contribution is -0.132. The van der Waals surface area contributed by atoms with E-state index >= 15 is 0 Å². The second-order valence-electron chi connectivity index (χ2n) is 1.87. The second-order valence-corrected chi connectivity index (χ2v) is 2.56. The largest absolute Gasteiger partial charge is 0.478 e. The van der Waals surface area contributed by atoms with E-state index in [1.807, 2.05) is 0 Å². The molecule has 0 aliphatic heterocycles. The van der Waals surface area contributed by atoms with Gasteiger partial charge in [-0.05, 0) is 6.92 Å². The third kappa shape index (κ3) is 4.15. The SMILES string of the molecule is C=C(/C=C\C(C)Cl)C(=O)O. The van der Waals surface area contributed by atoms with Crippen molar-refractivity contribution in [1.82, 2.24) is 0 Å². The molecule has 0 aromatic rings. The summed E-state index contributed by atoms with van der Waals surface area (Å²) in [5, 5.41) is 8.14. The highest BCUT2D eigenvalue weighted by Crippen LogP contribution is 1.99. The molecule has 0 saturated heterocycles. The van der Waals surface area contributed by atoms with E-state index < -0.39 is 5.97 Å². The average Bonchev–Trinajstić information content (AvgIpc) is 1.82. The number of allylic oxidation sites excluding steroid dienone is 1. The van der Waals surface area contributed by atoms with E-state index in [4.69, 9.17) is 16.7 Å². The summed E-state index contributed by atoms with van der Waals surface area (Å²) in [4.78, 5) is 10.1. The van der Waals surface area contributed by atoms with Crippen molar-refractivity contribution in [1.29, 1.82) is 0 Å². The zero-order valence-corrected chi connectivity index (χ0v) is 6.43. The maximum Gasteiger partial charge on any atom is 0.335 e. The van der Waals surface area contributed by atoms with E-state index in [9.17, 15) is 4.79 Å². The molecule has 0 aromatic heterocycles. The van der Waals surface area contributed by atoms with Crippen LogP contribution in [-0.2, 0) is 4.79 Å². The lowest BCUT2D eigenvalue weighted by Gasteiger charge is -1.91. The highest BCUT2D eigenvalue weighted by Gasteiger charge is 1.97. The van der Waals surface area contributed by atoms with Gasteiger partial charge in [-0.2, -0.15) is 0 Å². The molecule has 2 nitrogen and oxygen atoms in total. The molecule has 1 atom stereocenters. The molecule has 0 aliphatic rings. The zero-order valence-electron chi connectivity index (χ0n) is 5.67. The predicted octanol–water partition coefficient (Wildman–Crippen LogP) is 1.81. The van der Waals surface area contributed by atoms with Gasteiger partial charge in [-0.1, -0.05) is 18.7 Å². The molecule has 0 fully saturated rings. The fraction of sp³-hybridized carbons (Fsp3) is 0.286. The van der Waals surface area contributed by atoms with Gasteiger partial charge in [0, 0.05) is 5.38 Å². The Balaban J connectivity index is 3.91. The number of hydrogen-bond acceptors (Lipinski definition) is 1. The van der Waals surface area contributed by atoms with Crippen LogP contribution in [0.3, 0.4) is 0 Å². The molecule has 1 N–H and O–H groups in total. The van der Waals surface area contributed by atoms with Gasteiger partial charge >= 0.3 is 5.97 Å². The van der Waals surface area contributed by atoms with E-state index in [0.717, 1.165) is 0 Å². The monoisotopic (exact) mass is 160 g/mol. The summed E-state index contributed by atoms with van der Waals surface area (Å²) < 4.78 is 0. The molecule has 0 spiro atoms. The Kier molecular flexibility index (Phi) is 3.81. The zero-order chi connectivity index (χ0) is 8.15. The van der Waals surface area contributed by atoms with Crippen LogP contribution in [0, 0.1) is 0 Å². The Labute approximate surface area is 64.8 Å². The first kappa shape index (κ1) is 9.24. The van der Waals surface area contributed by atoms with Gasteiger partial charge < -0.3 is 5.11 Å². The van der Waals surface area contributed by atoms with Crippen LogP contribution < -0.4 is 0 Å². The summed E-state index contributed by atoms with van der Waals surface area (Å²) in [5.41, 5.74) is 0.0486. The summed E-state index contributed by atoms with van der Waals surface area (Å²) in [5.74, 6) is -1.02. The Morgan fingerprint density at radius 1 is 1.80 bits per heavy atom. The topological polar surface area (TPSA) is 37.3 Å². The Morgan fingerprint density at radius 3 is 2.60 bits per heavy atom. The fourth-order valence-corrected chi connectivity index (χ4v) is 0.393. The molecule has 0 amide bonds. The summed E-state index contributed by atoms with van der Waals surface area (Å²) in [6, 6.07) is 0. The third-order valence-corrected chi connectivity index (χ3v) is 0.983. The van der Waals surface area contributed by atoms with Gasteiger partial charge in [0.25, 0.3) is 0 Å². The summed E-state index contributed by atoms with van der Waals surface area (Å²) in [6.07, 6.45) is 2.96. The van der Waals surface area contributed by atoms with E-state index in [2.05, 4.69) is 6.58 Å². The third-order valence-electron chi connectivity index (χ3n) is 0.837. The molecule has 56 valence electrons. The lowest BCUT2D eigenvalue weighted by Crippen LogP contribution is -1.95. The normalized spacial score (nSPS) is 13.4. The number of alkyl halides is 1. The van der Waals surface area contributed by atoms with Gasteiger partial charge in [-0.25, -0.2) is 4.79 Å². The van der Waals surface area contributed by atoms with Crippen molar-refractivity contribution >= 4 is 17.6 Å². The van der Waals surface area contributed by atoms with Crippen molar-refractivity contribution in [3.8, 4) is 0 Å². The molecule has 0 radical (unpaired) electrons. The molecule has 0 saturated carbocycles. The molecule has 1 unspecified atom stereocenters. The quantitative estimate of drug-likeness (QED) is 0.389. The van der Waals surface area contributed by atoms with Crippen LogP contribution in [0.4, 0.5) is 0 Å². The number of aliphatic carboxylic acids is 1. The molecule has 0 rings (SSSR count). The number of carbonyl (C=O) groups is 1. The first-order valence-corrected chi connectivity index (χ1v) is 3.22. The van der Waals surface area contributed by atoms with Crippen LogP contribution in [0.2, 0.25) is 0 Å². The maximum atomic E-state index is 10.1. The average molecular weight is 161 g/mol. The van der Waals surface area contributed by atoms with E-state index in [0.29, 0.717) is 0 Å². The minimum absolute atomic E-state index is 0.0486. The highest BCUT2D eigenvalue weighted by atomic mass is 35.5. The first-order chi connectivity index (χ1) is 4.54. The van der Waals surface area contributed by atoms with Crippen LogP contribution in [0.5, 0.6) is 0 Å². The standard InChI is InChI=1S/C7H9ClO2/c1-5(7(9)10)3-4-6(2)8/h3-4,6H,1H2,2H3,(H,9,10)/b4-3-. The van der Waals surface area contributed by atoms with E-state index in [1.165, 1.54) is 6.08 Å². The molecule has 10 heavy (non-hydrogen) atoms. The van der Waals surface area contributed by atoms with Crippen molar-refractivity contribution in [2.75, 3.05) is 0 Å². The molecule has 0 aromatic carbocycles. The van der Waals surface area contributed by atoms with Gasteiger partial charge in [0.15, 0.2) is 0 Å². The number of halogens is 1. The fourth-order valence-electron chi connectivity index (χ4n) is 0.320. The molecule has 0 aliphatic carbocycles. The van der Waals surface area contributed by atoms with Gasteiger partial charge in [0.1, 0.15) is 0 Å². The van der Waals surface area contributed by atoms with Crippen molar-refractivity contribution < 1.29 is 9.90 Å². The first-order valence-electron chi connectivity index (χ1n) is 2.78. The van der Waals surface area contributed by atoms with Crippen molar-refractivity contribution in [2.45, 2.75) is 12.3 Å². The van der Waals surface area contributed by atoms with Crippen LogP contribution in [-0.4, -0.2) is 16.5 Å². The van der Waals surface area contributed by atoms with Crippen LogP contribution in [0.1, 0.15) is 6.92 Å². The number of hydrogen-bond donors (Lipinski definition) is 1. The minimum atomic E-state index is -1.02. The predicted molar refractivity (Wildman–Crippen MR) is 41.2 cm³/mol. The Morgan fingerprint density at radius 2 is 2.30 bits per heavy atom. The highest BCUT2D eigenvalue weighted by molar-refractivity contribution is 6.21. The second kappa shape index (κ2) is 4.12. The van der Waals surface area contributed by atoms with Gasteiger partial charge in [-0.15, -0.1) is 11.6 Å². The van der Waals surface area contributed by atoms with Crippen LogP contribution >= 0.6 is 11.6 Å². The minimum Gasteiger partial charge on any atom is -0.478 e. The van der Waals surface area contributed by atoms with E-state index in [1.54, 1.807) is 13.0 Å². The summed E-state index contributed by atoms with van der Waals surface area (Å²) in [7, 11) is 0. The summed E-state index contributed by atoms with van der Waals surface area (Å²) >= 11 is 5.51. The van der Waals surface area contributed by atoms with Crippen molar-refractivity contribution in [2.24, 2.45) is 0 Å². The Bertz CT molecular complexity index is 170. The molecule has 0 bridgehead atoms. The molecule has 3 heteroatoms. The van der Waals surface area contributed by atoms with Gasteiger partial charge in [0.05, 0.1) is 5.57 Å². The van der Waals surface area contributed by atoms with Crippen molar-refractivity contribution in [3.63, 3.8) is 0 Å². The maximum absolute atomic E-state index is 10.1. The van der Waals surface area contributed by atoms with E-state index in [-0.39, 0.29) is 11.0 Å². The number of carboxylic acid groups (broad SMARTS) is 1. The molecule has 0 heterocycles. The number of rotatable bonds is 3.